The van der Waals surface area contributed by atoms with Gasteiger partial charge in [-0.3, -0.25) is 9.59 Å². The van der Waals surface area contributed by atoms with Gasteiger partial charge in [0.1, 0.15) is 5.75 Å². The Morgan fingerprint density at radius 1 is 1.52 bits per heavy atom. The third kappa shape index (κ3) is 3.67. The molecule has 1 aromatic carbocycles. The van der Waals surface area contributed by atoms with E-state index >= 15 is 0 Å². The number of benzene rings is 1. The van der Waals surface area contributed by atoms with Crippen molar-refractivity contribution in [2.45, 2.75) is 32.2 Å². The number of hydrogen-bond acceptors (Lipinski definition) is 3. The molecule has 2 unspecified atom stereocenters. The normalized spacial score (nSPS) is 24.6. The number of ether oxygens (including phenoxy) is 1. The quantitative estimate of drug-likeness (QED) is 0.876. The molecular weight excluding hydrogens is 294 g/mol. The molecule has 0 aliphatic heterocycles. The average molecular weight is 312 g/mol. The zero-order valence-electron chi connectivity index (χ0n) is 11.8. The Hall–Kier alpha value is -1.75. The number of carbonyl (C=O) groups excluding carboxylic acids is 1. The molecule has 0 aromatic heterocycles. The Morgan fingerprint density at radius 3 is 2.95 bits per heavy atom. The van der Waals surface area contributed by atoms with E-state index in [1.807, 2.05) is 0 Å². The van der Waals surface area contributed by atoms with Gasteiger partial charge in [0.15, 0.2) is 6.61 Å². The molecule has 1 aromatic rings. The lowest BCUT2D eigenvalue weighted by atomic mass is 9.85. The predicted molar refractivity (Wildman–Crippen MR) is 78.5 cm³/mol. The SMILES string of the molecule is CC1(C(=O)O)CCCC1NC(=O)COc1cccc(Cl)c1. The number of nitrogens with one attached hydrogen (secondary N) is 1. The Kier molecular flexibility index (Phi) is 4.73. The molecule has 1 aliphatic rings. The summed E-state index contributed by atoms with van der Waals surface area (Å²) in [4.78, 5) is 23.2. The van der Waals surface area contributed by atoms with Gasteiger partial charge in [-0.05, 0) is 38.0 Å². The van der Waals surface area contributed by atoms with E-state index in [0.29, 0.717) is 23.6 Å². The van der Waals surface area contributed by atoms with Crippen LogP contribution >= 0.6 is 11.6 Å². The number of carboxylic acid groups (broad SMARTS) is 1. The molecule has 1 fully saturated rings. The maximum Gasteiger partial charge on any atom is 0.311 e. The standard InChI is InChI=1S/C15H18ClNO4/c1-15(14(19)20)7-3-6-12(15)17-13(18)9-21-11-5-2-4-10(16)8-11/h2,4-5,8,12H,3,6-7,9H2,1H3,(H,17,18)(H,19,20). The second-order valence-corrected chi connectivity index (χ2v) is 5.92. The number of aliphatic carboxylic acids is 1. The number of halogens is 1. The molecule has 1 amide bonds. The number of rotatable bonds is 5. The van der Waals surface area contributed by atoms with Crippen molar-refractivity contribution in [3.63, 3.8) is 0 Å². The van der Waals surface area contributed by atoms with E-state index < -0.39 is 11.4 Å². The van der Waals surface area contributed by atoms with E-state index in [9.17, 15) is 14.7 Å². The van der Waals surface area contributed by atoms with Gasteiger partial charge in [-0.25, -0.2) is 0 Å². The van der Waals surface area contributed by atoms with Gasteiger partial charge in [-0.15, -0.1) is 0 Å². The molecule has 2 atom stereocenters. The second-order valence-electron chi connectivity index (χ2n) is 5.48. The lowest BCUT2D eigenvalue weighted by Gasteiger charge is -2.27. The topological polar surface area (TPSA) is 75.6 Å². The minimum Gasteiger partial charge on any atom is -0.484 e. The van der Waals surface area contributed by atoms with E-state index in [0.717, 1.165) is 6.42 Å². The minimum atomic E-state index is -0.897. The minimum absolute atomic E-state index is 0.160. The highest BCUT2D eigenvalue weighted by atomic mass is 35.5. The third-order valence-corrected chi connectivity index (χ3v) is 4.18. The first kappa shape index (κ1) is 15.6. The van der Waals surface area contributed by atoms with Crippen LogP contribution < -0.4 is 10.1 Å². The lowest BCUT2D eigenvalue weighted by molar-refractivity contribution is -0.149. The van der Waals surface area contributed by atoms with E-state index in [4.69, 9.17) is 16.3 Å². The van der Waals surface area contributed by atoms with Crippen LogP contribution in [0, 0.1) is 5.41 Å². The van der Waals surface area contributed by atoms with E-state index in [1.165, 1.54) is 0 Å². The molecule has 1 saturated carbocycles. The van der Waals surface area contributed by atoms with Crippen LogP contribution in [0.3, 0.4) is 0 Å². The van der Waals surface area contributed by atoms with Crippen molar-refractivity contribution in [3.05, 3.63) is 29.3 Å². The fourth-order valence-corrected chi connectivity index (χ4v) is 2.78. The smallest absolute Gasteiger partial charge is 0.311 e. The van der Waals surface area contributed by atoms with E-state index in [1.54, 1.807) is 31.2 Å². The summed E-state index contributed by atoms with van der Waals surface area (Å²) in [5.41, 5.74) is -0.897. The Morgan fingerprint density at radius 2 is 2.29 bits per heavy atom. The fourth-order valence-electron chi connectivity index (χ4n) is 2.60. The van der Waals surface area contributed by atoms with Gasteiger partial charge in [0.2, 0.25) is 0 Å². The molecule has 6 heteroatoms. The van der Waals surface area contributed by atoms with Gasteiger partial charge in [-0.2, -0.15) is 0 Å². The molecule has 1 aliphatic carbocycles. The third-order valence-electron chi connectivity index (χ3n) is 3.95. The second kappa shape index (κ2) is 6.35. The van der Waals surface area contributed by atoms with Crippen molar-refractivity contribution >= 4 is 23.5 Å². The summed E-state index contributed by atoms with van der Waals surface area (Å²) in [6.07, 6.45) is 2.04. The highest BCUT2D eigenvalue weighted by molar-refractivity contribution is 6.30. The molecular formula is C15H18ClNO4. The summed E-state index contributed by atoms with van der Waals surface area (Å²) in [6, 6.07) is 6.41. The van der Waals surface area contributed by atoms with Crippen molar-refractivity contribution in [3.8, 4) is 5.75 Å². The van der Waals surface area contributed by atoms with E-state index in [-0.39, 0.29) is 18.6 Å². The first-order valence-electron chi connectivity index (χ1n) is 6.83. The average Bonchev–Trinajstić information content (AvgIpc) is 2.79. The van der Waals surface area contributed by atoms with Gasteiger partial charge in [0.05, 0.1) is 5.41 Å². The van der Waals surface area contributed by atoms with Crippen molar-refractivity contribution in [2.24, 2.45) is 5.41 Å². The molecule has 21 heavy (non-hydrogen) atoms. The van der Waals surface area contributed by atoms with Gasteiger partial charge < -0.3 is 15.2 Å². The Bertz CT molecular complexity index is 548. The summed E-state index contributed by atoms with van der Waals surface area (Å²) >= 11 is 5.82. The molecule has 5 nitrogen and oxygen atoms in total. The molecule has 2 N–H and O–H groups in total. The van der Waals surface area contributed by atoms with Gasteiger partial charge in [-0.1, -0.05) is 24.1 Å². The van der Waals surface area contributed by atoms with Crippen molar-refractivity contribution in [1.29, 1.82) is 0 Å². The zero-order valence-corrected chi connectivity index (χ0v) is 12.5. The van der Waals surface area contributed by atoms with Crippen LogP contribution in [0.2, 0.25) is 5.02 Å². The molecule has 0 heterocycles. The van der Waals surface area contributed by atoms with Gasteiger partial charge in [0, 0.05) is 11.1 Å². The summed E-state index contributed by atoms with van der Waals surface area (Å²) in [6.45, 7) is 1.51. The first-order chi connectivity index (χ1) is 9.91. The molecule has 0 bridgehead atoms. The summed E-state index contributed by atoms with van der Waals surface area (Å²) < 4.78 is 5.34. The Balaban J connectivity index is 1.89. The monoisotopic (exact) mass is 311 g/mol. The predicted octanol–water partition coefficient (Wildman–Crippen LogP) is 2.48. The van der Waals surface area contributed by atoms with Gasteiger partial charge >= 0.3 is 5.97 Å². The highest BCUT2D eigenvalue weighted by Crippen LogP contribution is 2.38. The van der Waals surface area contributed by atoms with E-state index in [2.05, 4.69) is 5.32 Å². The van der Waals surface area contributed by atoms with Crippen molar-refractivity contribution < 1.29 is 19.4 Å². The summed E-state index contributed by atoms with van der Waals surface area (Å²) in [5, 5.41) is 12.6. The van der Waals surface area contributed by atoms with Crippen LogP contribution in [0.5, 0.6) is 5.75 Å². The first-order valence-corrected chi connectivity index (χ1v) is 7.21. The van der Waals surface area contributed by atoms with Crippen molar-refractivity contribution in [2.75, 3.05) is 6.61 Å². The van der Waals surface area contributed by atoms with Crippen molar-refractivity contribution in [1.82, 2.24) is 5.32 Å². The zero-order chi connectivity index (χ0) is 15.5. The van der Waals surface area contributed by atoms with Crippen LogP contribution in [0.4, 0.5) is 0 Å². The summed E-state index contributed by atoms with van der Waals surface area (Å²) in [7, 11) is 0. The van der Waals surface area contributed by atoms with Crippen LogP contribution in [0.25, 0.3) is 0 Å². The molecule has 114 valence electrons. The number of carboxylic acids is 1. The van der Waals surface area contributed by atoms with Gasteiger partial charge in [0.25, 0.3) is 5.91 Å². The van der Waals surface area contributed by atoms with Crippen LogP contribution in [-0.2, 0) is 9.59 Å². The molecule has 0 saturated heterocycles. The van der Waals surface area contributed by atoms with Crippen LogP contribution in [0.1, 0.15) is 26.2 Å². The molecule has 0 spiro atoms. The number of hydrogen-bond donors (Lipinski definition) is 2. The largest absolute Gasteiger partial charge is 0.484 e. The fraction of sp³-hybridized carbons (Fsp3) is 0.467. The van der Waals surface area contributed by atoms with Crippen LogP contribution in [-0.4, -0.2) is 29.6 Å². The maximum atomic E-state index is 11.9. The van der Waals surface area contributed by atoms with Crippen LogP contribution in [0.15, 0.2) is 24.3 Å². The maximum absolute atomic E-state index is 11.9. The number of carbonyl (C=O) groups is 2. The Labute approximate surface area is 128 Å². The number of amides is 1. The lowest BCUT2D eigenvalue weighted by Crippen LogP contribution is -2.48. The molecule has 2 rings (SSSR count). The summed E-state index contributed by atoms with van der Waals surface area (Å²) in [5.74, 6) is -0.694. The highest BCUT2D eigenvalue weighted by Gasteiger charge is 2.45. The molecule has 0 radical (unpaired) electrons.